The maximum Gasteiger partial charge on any atom is 0.335 e. The van der Waals surface area contributed by atoms with Crippen LogP contribution < -0.4 is 0 Å². The van der Waals surface area contributed by atoms with Crippen LogP contribution in [0.3, 0.4) is 0 Å². The molecule has 79 heavy (non-hydrogen) atoms. The summed E-state index contributed by atoms with van der Waals surface area (Å²) in [4.78, 5) is 51.3. The van der Waals surface area contributed by atoms with Crippen molar-refractivity contribution in [3.8, 4) is 0 Å². The van der Waals surface area contributed by atoms with E-state index in [1.165, 1.54) is 83.5 Å². The van der Waals surface area contributed by atoms with Crippen LogP contribution in [0.4, 0.5) is 0 Å². The minimum atomic E-state index is -1.91. The van der Waals surface area contributed by atoms with Crippen LogP contribution in [0, 0.1) is 0 Å². The number of ether oxygens (including phenoxy) is 5. The zero-order valence-corrected chi connectivity index (χ0v) is 50.1. The van der Waals surface area contributed by atoms with Gasteiger partial charge in [0, 0.05) is 19.3 Å². The van der Waals surface area contributed by atoms with Crippen molar-refractivity contribution in [3.05, 3.63) is 72.9 Å². The number of aliphatic hydroxyl groups excluding tert-OH is 2. The van der Waals surface area contributed by atoms with Crippen molar-refractivity contribution >= 4 is 23.9 Å². The molecule has 0 bridgehead atoms. The van der Waals surface area contributed by atoms with Crippen molar-refractivity contribution in [2.75, 3.05) is 13.2 Å². The van der Waals surface area contributed by atoms with E-state index < -0.39 is 67.3 Å². The second kappa shape index (κ2) is 54.7. The van der Waals surface area contributed by atoms with Crippen LogP contribution in [0.5, 0.6) is 0 Å². The standard InChI is InChI=1S/C67H114O12/c1-4-7-10-13-16-19-22-25-27-29-30-32-33-36-38-41-44-47-50-53-59(68)75-56-58(77-60(69)54-51-48-45-42-39-35-24-21-18-15-12-9-6-3)57-76-67-65(63(72)62(71)64(79-67)66(73)74)78-61(70)55-52-49-46-43-40-37-34-31-28-26-23-20-17-14-11-8-5-2/h12,15-16,19,21,24-28,30,32,58,62-65,67,71-72H,4-11,13-14,17-18,20,22-23,29,31,33-57H2,1-3H3,(H,73,74)/b15-12-,19-16-,24-21-,27-25-,28-26-,32-30-. The second-order valence-corrected chi connectivity index (χ2v) is 21.7. The predicted octanol–water partition coefficient (Wildman–Crippen LogP) is 16.9. The molecule has 3 N–H and O–H groups in total. The highest BCUT2D eigenvalue weighted by Crippen LogP contribution is 2.26. The summed E-state index contributed by atoms with van der Waals surface area (Å²) in [5.74, 6) is -3.15. The highest BCUT2D eigenvalue weighted by molar-refractivity contribution is 5.74. The first kappa shape index (κ1) is 73.2. The van der Waals surface area contributed by atoms with Crippen LogP contribution in [0.15, 0.2) is 72.9 Å². The molecule has 6 atom stereocenters. The first-order valence-electron chi connectivity index (χ1n) is 31.9. The summed E-state index contributed by atoms with van der Waals surface area (Å²) in [5, 5.41) is 31.6. The van der Waals surface area contributed by atoms with Gasteiger partial charge in [-0.1, -0.05) is 222 Å². The van der Waals surface area contributed by atoms with Crippen molar-refractivity contribution in [1.82, 2.24) is 0 Å². The molecule has 454 valence electrons. The number of allylic oxidation sites excluding steroid dienone is 12. The number of hydrogen-bond acceptors (Lipinski definition) is 11. The zero-order valence-electron chi connectivity index (χ0n) is 50.1. The maximum absolute atomic E-state index is 13.2. The normalized spacial score (nSPS) is 18.3. The third kappa shape index (κ3) is 44.5. The van der Waals surface area contributed by atoms with Crippen molar-refractivity contribution in [2.24, 2.45) is 0 Å². The molecule has 1 saturated heterocycles. The van der Waals surface area contributed by atoms with E-state index in [1.54, 1.807) is 0 Å². The van der Waals surface area contributed by atoms with Crippen molar-refractivity contribution in [3.63, 3.8) is 0 Å². The Bertz CT molecular complexity index is 1650. The molecule has 1 aliphatic heterocycles. The van der Waals surface area contributed by atoms with Gasteiger partial charge in [0.1, 0.15) is 18.8 Å². The molecule has 0 aromatic rings. The summed E-state index contributed by atoms with van der Waals surface area (Å²) in [5.41, 5.74) is 0. The lowest BCUT2D eigenvalue weighted by Crippen LogP contribution is -2.61. The lowest BCUT2D eigenvalue weighted by atomic mass is 9.98. The molecule has 0 aromatic heterocycles. The van der Waals surface area contributed by atoms with Crippen LogP contribution in [0.1, 0.15) is 278 Å². The number of rotatable bonds is 54. The largest absolute Gasteiger partial charge is 0.479 e. The Morgan fingerprint density at radius 3 is 1.24 bits per heavy atom. The Kier molecular flexibility index (Phi) is 50.7. The number of carbonyl (C=O) groups excluding carboxylic acids is 3. The number of carboxylic acid groups (broad SMARTS) is 1. The van der Waals surface area contributed by atoms with Gasteiger partial charge in [0.15, 0.2) is 24.6 Å². The predicted molar refractivity (Wildman–Crippen MR) is 322 cm³/mol. The number of carboxylic acids is 1. The van der Waals surface area contributed by atoms with Crippen molar-refractivity contribution in [2.45, 2.75) is 314 Å². The van der Waals surface area contributed by atoms with E-state index in [-0.39, 0.29) is 25.9 Å². The van der Waals surface area contributed by atoms with Gasteiger partial charge in [-0.25, -0.2) is 4.79 Å². The van der Waals surface area contributed by atoms with Crippen LogP contribution in [-0.2, 0) is 42.9 Å². The van der Waals surface area contributed by atoms with Crippen LogP contribution in [0.2, 0.25) is 0 Å². The number of aliphatic hydroxyl groups is 2. The van der Waals surface area contributed by atoms with Crippen molar-refractivity contribution < 1.29 is 58.2 Å². The lowest BCUT2D eigenvalue weighted by molar-refractivity contribution is -0.301. The molecule has 0 radical (unpaired) electrons. The molecule has 1 rings (SSSR count). The third-order valence-corrected chi connectivity index (χ3v) is 14.2. The molecule has 0 aromatic carbocycles. The smallest absolute Gasteiger partial charge is 0.335 e. The molecule has 12 nitrogen and oxygen atoms in total. The number of hydrogen-bond donors (Lipinski definition) is 3. The molecule has 1 fully saturated rings. The Hall–Kier alpha value is -3.84. The van der Waals surface area contributed by atoms with E-state index >= 15 is 0 Å². The molecule has 6 unspecified atom stereocenters. The topological polar surface area (TPSA) is 175 Å². The van der Waals surface area contributed by atoms with Gasteiger partial charge in [0.25, 0.3) is 0 Å². The summed E-state index contributed by atoms with van der Waals surface area (Å²) in [6.07, 6.45) is 57.1. The number of esters is 3. The average Bonchev–Trinajstić information content (AvgIpc) is 3.44. The van der Waals surface area contributed by atoms with Gasteiger partial charge in [0.2, 0.25) is 0 Å². The van der Waals surface area contributed by atoms with Gasteiger partial charge in [-0.15, -0.1) is 0 Å². The molecular weight excluding hydrogens is 997 g/mol. The van der Waals surface area contributed by atoms with Crippen LogP contribution in [0.25, 0.3) is 0 Å². The molecule has 0 spiro atoms. The average molecular weight is 1110 g/mol. The third-order valence-electron chi connectivity index (χ3n) is 14.2. The minimum absolute atomic E-state index is 0.0515. The molecule has 12 heteroatoms. The Morgan fingerprint density at radius 2 is 0.785 bits per heavy atom. The highest BCUT2D eigenvalue weighted by Gasteiger charge is 2.50. The maximum atomic E-state index is 13.2. The summed E-state index contributed by atoms with van der Waals surface area (Å²) in [7, 11) is 0. The molecule has 0 amide bonds. The van der Waals surface area contributed by atoms with E-state index in [1.807, 2.05) is 0 Å². The fourth-order valence-electron chi connectivity index (χ4n) is 9.29. The highest BCUT2D eigenvalue weighted by atomic mass is 16.7. The van der Waals surface area contributed by atoms with E-state index in [4.69, 9.17) is 23.7 Å². The second-order valence-electron chi connectivity index (χ2n) is 21.7. The summed E-state index contributed by atoms with van der Waals surface area (Å²) in [6.45, 7) is 5.89. The number of aliphatic carboxylic acids is 1. The summed E-state index contributed by atoms with van der Waals surface area (Å²) < 4.78 is 28.5. The van der Waals surface area contributed by atoms with Crippen LogP contribution >= 0.6 is 0 Å². The molecule has 1 aliphatic rings. The van der Waals surface area contributed by atoms with Gasteiger partial charge in [-0.05, 0) is 109 Å². The van der Waals surface area contributed by atoms with Gasteiger partial charge < -0.3 is 39.0 Å². The van der Waals surface area contributed by atoms with Gasteiger partial charge >= 0.3 is 23.9 Å². The fourth-order valence-corrected chi connectivity index (χ4v) is 9.29. The minimum Gasteiger partial charge on any atom is -0.479 e. The number of unbranched alkanes of at least 4 members (excludes halogenated alkanes) is 28. The van der Waals surface area contributed by atoms with E-state index in [2.05, 4.69) is 93.7 Å². The monoisotopic (exact) mass is 1110 g/mol. The molecular formula is C67H114O12. The summed E-state index contributed by atoms with van der Waals surface area (Å²) in [6, 6.07) is 0. The quantitative estimate of drug-likeness (QED) is 0.0228. The SMILES string of the molecule is CCC/C=C\C/C=C\CCCCCCCC(=O)OC(COC(=O)CCCCCCCC/C=C\C/C=C\C/C=C\CCCCC)COC1OC(C(=O)O)C(O)C(O)C1OC(=O)CCCCCCCCC/C=C\CCCCCCCC. The number of carbonyl (C=O) groups is 4. The van der Waals surface area contributed by atoms with Gasteiger partial charge in [-0.3, -0.25) is 14.4 Å². The Morgan fingerprint density at radius 1 is 0.418 bits per heavy atom. The van der Waals surface area contributed by atoms with Gasteiger partial charge in [0.05, 0.1) is 6.61 Å². The summed E-state index contributed by atoms with van der Waals surface area (Å²) >= 11 is 0. The first-order chi connectivity index (χ1) is 38.6. The first-order valence-corrected chi connectivity index (χ1v) is 31.9. The lowest BCUT2D eigenvalue weighted by Gasteiger charge is -2.40. The fraction of sp³-hybridized carbons (Fsp3) is 0.761. The Labute approximate surface area is 480 Å². The van der Waals surface area contributed by atoms with Gasteiger partial charge in [-0.2, -0.15) is 0 Å². The van der Waals surface area contributed by atoms with E-state index in [0.717, 1.165) is 135 Å². The van der Waals surface area contributed by atoms with E-state index in [9.17, 15) is 34.5 Å². The van der Waals surface area contributed by atoms with E-state index in [0.29, 0.717) is 19.3 Å². The van der Waals surface area contributed by atoms with Crippen molar-refractivity contribution in [1.29, 1.82) is 0 Å². The molecule has 0 saturated carbocycles. The molecule has 1 heterocycles. The molecule has 0 aliphatic carbocycles. The zero-order chi connectivity index (χ0) is 57.5. The Balaban J connectivity index is 2.67. The van der Waals surface area contributed by atoms with Crippen LogP contribution in [-0.4, -0.2) is 89.2 Å².